The van der Waals surface area contributed by atoms with Crippen LogP contribution in [0, 0.1) is 11.3 Å². The molecule has 0 radical (unpaired) electrons. The van der Waals surface area contributed by atoms with Crippen LogP contribution >= 0.6 is 0 Å². The number of hydrogen-bond donors (Lipinski definition) is 1. The number of ketones is 1. The van der Waals surface area contributed by atoms with Crippen molar-refractivity contribution in [1.82, 2.24) is 9.97 Å². The first-order chi connectivity index (χ1) is 13.9. The Morgan fingerprint density at radius 1 is 1.20 bits per heavy atom. The average molecular weight is 435 g/mol. The maximum absolute atomic E-state index is 13.1. The summed E-state index contributed by atoms with van der Waals surface area (Å²) in [5, 5.41) is 9.55. The Hall–Kier alpha value is -3.39. The van der Waals surface area contributed by atoms with Gasteiger partial charge in [0.1, 0.15) is 23.2 Å². The molecule has 0 aliphatic heterocycles. The lowest BCUT2D eigenvalue weighted by molar-refractivity contribution is -0.0500. The van der Waals surface area contributed by atoms with Gasteiger partial charge in [0.15, 0.2) is 5.78 Å². The van der Waals surface area contributed by atoms with Crippen LogP contribution in [-0.4, -0.2) is 29.7 Å². The maximum Gasteiger partial charge on any atom is 0.534 e. The number of pyridine rings is 1. The van der Waals surface area contributed by atoms with Gasteiger partial charge in [0.05, 0.1) is 5.56 Å². The molecule has 11 heteroatoms. The Labute approximate surface area is 168 Å². The second-order valence-corrected chi connectivity index (χ2v) is 8.76. The lowest BCUT2D eigenvalue weighted by Gasteiger charge is -2.32. The van der Waals surface area contributed by atoms with Crippen LogP contribution < -0.4 is 4.18 Å². The van der Waals surface area contributed by atoms with Gasteiger partial charge in [-0.25, -0.2) is 4.98 Å². The minimum atomic E-state index is -5.85. The molecule has 7 nitrogen and oxygen atoms in total. The molecule has 3 aromatic rings. The van der Waals surface area contributed by atoms with E-state index in [-0.39, 0.29) is 11.3 Å². The van der Waals surface area contributed by atoms with Crippen LogP contribution in [0.3, 0.4) is 0 Å². The van der Waals surface area contributed by atoms with E-state index in [1.54, 1.807) is 19.9 Å². The molecule has 0 saturated heterocycles. The molecule has 0 saturated carbocycles. The molecule has 1 aliphatic rings. The van der Waals surface area contributed by atoms with Gasteiger partial charge in [-0.1, -0.05) is 13.8 Å². The third-order valence-electron chi connectivity index (χ3n) is 5.02. The van der Waals surface area contributed by atoms with Crippen LogP contribution in [0.2, 0.25) is 0 Å². The minimum Gasteiger partial charge on any atom is -0.376 e. The molecule has 0 spiro atoms. The van der Waals surface area contributed by atoms with Gasteiger partial charge in [-0.05, 0) is 35.9 Å². The molecule has 30 heavy (non-hydrogen) atoms. The topological polar surface area (TPSA) is 113 Å². The molecule has 2 heterocycles. The standard InChI is InChI=1S/C19H12F3N3O4S/c1-18(2)13-7-10(29-30(27,28)19(20,21)22)4-6-11(13)15(26)14-12-5-3-9(8-23)24-17(12)25-16(14)18/h3-7H,1-2H3,(H,24,25). The summed E-state index contributed by atoms with van der Waals surface area (Å²) in [6.07, 6.45) is 0. The number of benzene rings is 1. The largest absolute Gasteiger partial charge is 0.534 e. The number of hydrogen-bond acceptors (Lipinski definition) is 6. The van der Waals surface area contributed by atoms with Crippen molar-refractivity contribution >= 4 is 26.9 Å². The highest BCUT2D eigenvalue weighted by Gasteiger charge is 2.49. The van der Waals surface area contributed by atoms with Crippen molar-refractivity contribution in [3.05, 3.63) is 58.4 Å². The second-order valence-electron chi connectivity index (χ2n) is 7.22. The highest BCUT2D eigenvalue weighted by molar-refractivity contribution is 7.88. The number of alkyl halides is 3. The molecule has 0 unspecified atom stereocenters. The number of fused-ring (bicyclic) bond motifs is 4. The number of halogens is 3. The molecule has 154 valence electrons. The molecular weight excluding hydrogens is 423 g/mol. The van der Waals surface area contributed by atoms with E-state index >= 15 is 0 Å². The smallest absolute Gasteiger partial charge is 0.376 e. The van der Waals surface area contributed by atoms with Crippen molar-refractivity contribution in [3.63, 3.8) is 0 Å². The summed E-state index contributed by atoms with van der Waals surface area (Å²) in [5.41, 5.74) is -4.74. The molecule has 0 amide bonds. The number of aromatic nitrogens is 2. The van der Waals surface area contributed by atoms with Gasteiger partial charge in [0.2, 0.25) is 0 Å². The van der Waals surface area contributed by atoms with Crippen LogP contribution in [0.15, 0.2) is 30.3 Å². The van der Waals surface area contributed by atoms with Gasteiger partial charge >= 0.3 is 15.6 Å². The molecule has 4 rings (SSSR count). The third-order valence-corrected chi connectivity index (χ3v) is 6.00. The first kappa shape index (κ1) is 19.9. The summed E-state index contributed by atoms with van der Waals surface area (Å²) >= 11 is 0. The zero-order valence-corrected chi connectivity index (χ0v) is 16.3. The minimum absolute atomic E-state index is 0.150. The van der Waals surface area contributed by atoms with Gasteiger partial charge in [-0.2, -0.15) is 26.9 Å². The van der Waals surface area contributed by atoms with Crippen LogP contribution in [0.5, 0.6) is 5.75 Å². The van der Waals surface area contributed by atoms with Gasteiger partial charge < -0.3 is 9.17 Å². The van der Waals surface area contributed by atoms with E-state index < -0.39 is 32.6 Å². The van der Waals surface area contributed by atoms with Crippen molar-refractivity contribution in [1.29, 1.82) is 5.26 Å². The number of nitrogens with zero attached hydrogens (tertiary/aromatic N) is 2. The van der Waals surface area contributed by atoms with Crippen LogP contribution in [-0.2, 0) is 15.5 Å². The summed E-state index contributed by atoms with van der Waals surface area (Å²) in [4.78, 5) is 20.3. The van der Waals surface area contributed by atoms with Crippen molar-refractivity contribution in [3.8, 4) is 11.8 Å². The van der Waals surface area contributed by atoms with Crippen molar-refractivity contribution in [2.24, 2.45) is 0 Å². The Morgan fingerprint density at radius 2 is 1.90 bits per heavy atom. The van der Waals surface area contributed by atoms with E-state index in [1.807, 2.05) is 6.07 Å². The van der Waals surface area contributed by atoms with E-state index in [4.69, 9.17) is 5.26 Å². The highest BCUT2D eigenvalue weighted by Crippen LogP contribution is 2.44. The Bertz CT molecular complexity index is 1380. The van der Waals surface area contributed by atoms with Crippen molar-refractivity contribution < 1.29 is 30.6 Å². The fraction of sp³-hybridized carbons (Fsp3) is 0.211. The Morgan fingerprint density at radius 3 is 2.53 bits per heavy atom. The van der Waals surface area contributed by atoms with Crippen LogP contribution in [0.4, 0.5) is 13.2 Å². The van der Waals surface area contributed by atoms with Gasteiger partial charge in [-0.15, -0.1) is 0 Å². The van der Waals surface area contributed by atoms with Gasteiger partial charge in [0.25, 0.3) is 0 Å². The number of aromatic amines is 1. The molecule has 0 bridgehead atoms. The summed E-state index contributed by atoms with van der Waals surface area (Å²) < 4.78 is 64.8. The zero-order chi connectivity index (χ0) is 22.1. The summed E-state index contributed by atoms with van der Waals surface area (Å²) in [7, 11) is -5.85. The lowest BCUT2D eigenvalue weighted by Crippen LogP contribution is -2.31. The number of H-pyrrole nitrogens is 1. The Kier molecular flexibility index (Phi) is 4.02. The number of nitriles is 1. The van der Waals surface area contributed by atoms with E-state index in [9.17, 15) is 26.4 Å². The fourth-order valence-corrected chi connectivity index (χ4v) is 4.02. The normalized spacial score (nSPS) is 15.4. The summed E-state index contributed by atoms with van der Waals surface area (Å²) in [5.74, 6) is -0.960. The first-order valence-electron chi connectivity index (χ1n) is 8.50. The SMILES string of the molecule is CC1(C)c2cc(OS(=O)(=O)C(F)(F)F)ccc2C(=O)c2c1[nH]c1nc(C#N)ccc21. The number of carbonyl (C=O) groups excluding carboxylic acids is 1. The summed E-state index contributed by atoms with van der Waals surface area (Å²) in [6.45, 7) is 3.44. The molecule has 2 aromatic heterocycles. The van der Waals surface area contributed by atoms with E-state index in [1.165, 1.54) is 12.1 Å². The second kappa shape index (κ2) is 6.06. The first-order valence-corrected chi connectivity index (χ1v) is 9.91. The fourth-order valence-electron chi connectivity index (χ4n) is 3.57. The molecule has 0 fully saturated rings. The van der Waals surface area contributed by atoms with E-state index in [2.05, 4.69) is 14.2 Å². The molecular formula is C19H12F3N3O4S. The lowest BCUT2D eigenvalue weighted by atomic mass is 9.71. The van der Waals surface area contributed by atoms with E-state index in [0.29, 0.717) is 27.9 Å². The number of rotatable bonds is 2. The number of carbonyl (C=O) groups is 1. The number of nitrogens with one attached hydrogen (secondary N) is 1. The highest BCUT2D eigenvalue weighted by atomic mass is 32.2. The van der Waals surface area contributed by atoms with Crippen LogP contribution in [0.25, 0.3) is 11.0 Å². The average Bonchev–Trinajstić information content (AvgIpc) is 3.05. The monoisotopic (exact) mass is 435 g/mol. The Balaban J connectivity index is 1.89. The molecule has 0 atom stereocenters. The predicted octanol–water partition coefficient (Wildman–Crippen LogP) is 3.53. The van der Waals surface area contributed by atoms with Crippen molar-refractivity contribution in [2.45, 2.75) is 24.8 Å². The van der Waals surface area contributed by atoms with Crippen molar-refractivity contribution in [2.75, 3.05) is 0 Å². The molecule has 1 aromatic carbocycles. The third kappa shape index (κ3) is 2.75. The maximum atomic E-state index is 13.1. The molecule has 1 aliphatic carbocycles. The quantitative estimate of drug-likeness (QED) is 0.487. The van der Waals surface area contributed by atoms with E-state index in [0.717, 1.165) is 12.1 Å². The molecule has 1 N–H and O–H groups in total. The van der Waals surface area contributed by atoms with Gasteiger partial charge in [0, 0.05) is 22.1 Å². The summed E-state index contributed by atoms with van der Waals surface area (Å²) in [6, 6.07) is 8.33. The van der Waals surface area contributed by atoms with Crippen LogP contribution in [0.1, 0.15) is 46.7 Å². The van der Waals surface area contributed by atoms with Gasteiger partial charge in [-0.3, -0.25) is 4.79 Å². The zero-order valence-electron chi connectivity index (χ0n) is 15.5. The predicted molar refractivity (Wildman–Crippen MR) is 98.4 cm³/mol.